The fraction of sp³-hybridized carbons (Fsp3) is 0.208. The Balaban J connectivity index is 1.63. The van der Waals surface area contributed by atoms with Gasteiger partial charge in [-0.1, -0.05) is 35.3 Å². The number of anilines is 2. The largest absolute Gasteiger partial charge is 0.490 e. The van der Waals surface area contributed by atoms with Crippen LogP contribution in [0.4, 0.5) is 11.4 Å². The third kappa shape index (κ3) is 6.81. The highest BCUT2D eigenvalue weighted by atomic mass is 35.5. The van der Waals surface area contributed by atoms with Crippen molar-refractivity contribution < 1.29 is 14.3 Å². The Kier molecular flexibility index (Phi) is 8.04. The average Bonchev–Trinajstić information content (AvgIpc) is 2.75. The second kappa shape index (κ2) is 10.9. The van der Waals surface area contributed by atoms with E-state index in [1.54, 1.807) is 12.1 Å². The highest BCUT2D eigenvalue weighted by Crippen LogP contribution is 2.30. The van der Waals surface area contributed by atoms with Gasteiger partial charge in [0.1, 0.15) is 6.61 Å². The van der Waals surface area contributed by atoms with Crippen molar-refractivity contribution >= 4 is 40.5 Å². The predicted octanol–water partition coefficient (Wildman–Crippen LogP) is 6.54. The van der Waals surface area contributed by atoms with Gasteiger partial charge in [-0.2, -0.15) is 0 Å². The molecule has 0 aliphatic carbocycles. The van der Waals surface area contributed by atoms with Crippen LogP contribution in [0.2, 0.25) is 10.0 Å². The number of benzene rings is 3. The fourth-order valence-electron chi connectivity index (χ4n) is 2.92. The molecule has 162 valence electrons. The van der Waals surface area contributed by atoms with Gasteiger partial charge in [0, 0.05) is 24.8 Å². The number of rotatable bonds is 9. The molecule has 0 aliphatic heterocycles. The topological polar surface area (TPSA) is 59.6 Å². The molecule has 3 rings (SSSR count). The Morgan fingerprint density at radius 1 is 0.839 bits per heavy atom. The van der Waals surface area contributed by atoms with E-state index in [1.165, 1.54) is 6.92 Å². The minimum atomic E-state index is -0.0920. The van der Waals surface area contributed by atoms with Crippen LogP contribution in [0.25, 0.3) is 0 Å². The van der Waals surface area contributed by atoms with Gasteiger partial charge in [0.2, 0.25) is 5.91 Å². The lowest BCUT2D eigenvalue weighted by atomic mass is 10.2. The molecule has 3 aromatic carbocycles. The summed E-state index contributed by atoms with van der Waals surface area (Å²) in [5.74, 6) is 1.25. The molecule has 5 nitrogen and oxygen atoms in total. The van der Waals surface area contributed by atoms with Crippen LogP contribution in [0.3, 0.4) is 0 Å². The molecule has 0 spiro atoms. The van der Waals surface area contributed by atoms with E-state index in [0.29, 0.717) is 41.3 Å². The summed E-state index contributed by atoms with van der Waals surface area (Å²) >= 11 is 12.0. The third-order valence-corrected chi connectivity index (χ3v) is 5.13. The normalized spacial score (nSPS) is 10.5. The smallest absolute Gasteiger partial charge is 0.221 e. The number of ether oxygens (including phenoxy) is 2. The Morgan fingerprint density at radius 3 is 2.23 bits per heavy atom. The molecule has 0 aromatic heterocycles. The first-order valence-electron chi connectivity index (χ1n) is 9.88. The van der Waals surface area contributed by atoms with E-state index >= 15 is 0 Å². The summed E-state index contributed by atoms with van der Waals surface area (Å²) in [6.07, 6.45) is 0. The number of nitrogens with one attached hydrogen (secondary N) is 2. The molecular weight excluding hydrogens is 435 g/mol. The minimum absolute atomic E-state index is 0.0920. The van der Waals surface area contributed by atoms with E-state index in [1.807, 2.05) is 55.5 Å². The number of hydrogen-bond acceptors (Lipinski definition) is 4. The number of hydrogen-bond donors (Lipinski definition) is 2. The molecule has 0 radical (unpaired) electrons. The van der Waals surface area contributed by atoms with Gasteiger partial charge in [0.25, 0.3) is 0 Å². The van der Waals surface area contributed by atoms with Gasteiger partial charge in [-0.25, -0.2) is 0 Å². The zero-order valence-electron chi connectivity index (χ0n) is 17.4. The molecular formula is C24H24Cl2N2O3. The van der Waals surface area contributed by atoms with Crippen LogP contribution >= 0.6 is 23.2 Å². The van der Waals surface area contributed by atoms with Crippen LogP contribution in [-0.4, -0.2) is 12.5 Å². The lowest BCUT2D eigenvalue weighted by Crippen LogP contribution is -2.06. The second-order valence-electron chi connectivity index (χ2n) is 6.86. The maximum atomic E-state index is 11.1. The number of carbonyl (C=O) groups is 1. The fourth-order valence-corrected chi connectivity index (χ4v) is 3.24. The lowest BCUT2D eigenvalue weighted by molar-refractivity contribution is -0.114. The lowest BCUT2D eigenvalue weighted by Gasteiger charge is -2.14. The minimum Gasteiger partial charge on any atom is -0.490 e. The quantitative estimate of drug-likeness (QED) is 0.381. The molecule has 0 fully saturated rings. The highest BCUT2D eigenvalue weighted by molar-refractivity contribution is 6.42. The summed E-state index contributed by atoms with van der Waals surface area (Å²) in [6.45, 7) is 4.93. The van der Waals surface area contributed by atoms with E-state index in [9.17, 15) is 4.79 Å². The van der Waals surface area contributed by atoms with Crippen molar-refractivity contribution in [2.45, 2.75) is 27.0 Å². The second-order valence-corrected chi connectivity index (χ2v) is 7.68. The molecule has 0 unspecified atom stereocenters. The van der Waals surface area contributed by atoms with Crippen molar-refractivity contribution in [2.24, 2.45) is 0 Å². The molecule has 7 heteroatoms. The summed E-state index contributed by atoms with van der Waals surface area (Å²) < 4.78 is 11.7. The number of halogens is 2. The molecule has 0 aliphatic rings. The van der Waals surface area contributed by atoms with Gasteiger partial charge >= 0.3 is 0 Å². The molecule has 1 amide bonds. The first-order valence-corrected chi connectivity index (χ1v) is 10.6. The molecule has 0 saturated carbocycles. The Hall–Kier alpha value is -2.89. The average molecular weight is 459 g/mol. The standard InChI is InChI=1S/C24H24Cl2N2O3/c1-3-30-24-13-17(14-27-19-6-8-20(9-7-19)28-16(2)29)5-11-23(24)31-15-18-4-10-21(25)22(26)12-18/h4-13,27H,3,14-15H2,1-2H3,(H,28,29). The molecule has 0 bridgehead atoms. The van der Waals surface area contributed by atoms with Crippen LogP contribution in [-0.2, 0) is 17.9 Å². The van der Waals surface area contributed by atoms with Gasteiger partial charge in [0.15, 0.2) is 11.5 Å². The Bertz CT molecular complexity index is 1040. The van der Waals surface area contributed by atoms with Crippen molar-refractivity contribution in [1.82, 2.24) is 0 Å². The van der Waals surface area contributed by atoms with Crippen LogP contribution in [0.15, 0.2) is 60.7 Å². The van der Waals surface area contributed by atoms with Crippen molar-refractivity contribution in [3.05, 3.63) is 81.8 Å². The van der Waals surface area contributed by atoms with Crippen LogP contribution in [0.5, 0.6) is 11.5 Å². The first kappa shape index (κ1) is 22.8. The summed E-state index contributed by atoms with van der Waals surface area (Å²) in [7, 11) is 0. The summed E-state index contributed by atoms with van der Waals surface area (Å²) in [6, 6.07) is 18.8. The highest BCUT2D eigenvalue weighted by Gasteiger charge is 2.08. The summed E-state index contributed by atoms with van der Waals surface area (Å²) in [5, 5.41) is 7.13. The van der Waals surface area contributed by atoms with Gasteiger partial charge in [-0.15, -0.1) is 0 Å². The zero-order chi connectivity index (χ0) is 22.2. The molecule has 2 N–H and O–H groups in total. The Labute approximate surface area is 192 Å². The van der Waals surface area contributed by atoms with Crippen LogP contribution in [0, 0.1) is 0 Å². The number of amides is 1. The van der Waals surface area contributed by atoms with Crippen molar-refractivity contribution in [2.75, 3.05) is 17.2 Å². The summed E-state index contributed by atoms with van der Waals surface area (Å²) in [4.78, 5) is 11.1. The molecule has 31 heavy (non-hydrogen) atoms. The van der Waals surface area contributed by atoms with Crippen LogP contribution in [0.1, 0.15) is 25.0 Å². The van der Waals surface area contributed by atoms with E-state index in [-0.39, 0.29) is 5.91 Å². The third-order valence-electron chi connectivity index (χ3n) is 4.39. The summed E-state index contributed by atoms with van der Waals surface area (Å²) in [5.41, 5.74) is 3.69. The van der Waals surface area contributed by atoms with Gasteiger partial charge in [-0.3, -0.25) is 4.79 Å². The molecule has 3 aromatic rings. The predicted molar refractivity (Wildman–Crippen MR) is 126 cm³/mol. The van der Waals surface area contributed by atoms with E-state index in [0.717, 1.165) is 22.5 Å². The van der Waals surface area contributed by atoms with Gasteiger partial charge < -0.3 is 20.1 Å². The van der Waals surface area contributed by atoms with Crippen molar-refractivity contribution in [3.8, 4) is 11.5 Å². The molecule has 0 atom stereocenters. The number of carbonyl (C=O) groups excluding carboxylic acids is 1. The van der Waals surface area contributed by atoms with E-state index in [2.05, 4.69) is 10.6 Å². The van der Waals surface area contributed by atoms with Crippen LogP contribution < -0.4 is 20.1 Å². The van der Waals surface area contributed by atoms with E-state index in [4.69, 9.17) is 32.7 Å². The maximum Gasteiger partial charge on any atom is 0.221 e. The van der Waals surface area contributed by atoms with Gasteiger partial charge in [-0.05, 0) is 66.6 Å². The zero-order valence-corrected chi connectivity index (χ0v) is 18.9. The molecule has 0 saturated heterocycles. The molecule has 0 heterocycles. The Morgan fingerprint density at radius 2 is 1.55 bits per heavy atom. The van der Waals surface area contributed by atoms with E-state index < -0.39 is 0 Å². The maximum absolute atomic E-state index is 11.1. The monoisotopic (exact) mass is 458 g/mol. The van der Waals surface area contributed by atoms with Gasteiger partial charge in [0.05, 0.1) is 16.7 Å². The SMILES string of the molecule is CCOc1cc(CNc2ccc(NC(C)=O)cc2)ccc1OCc1ccc(Cl)c(Cl)c1. The van der Waals surface area contributed by atoms with Crippen molar-refractivity contribution in [1.29, 1.82) is 0 Å². The first-order chi connectivity index (χ1) is 14.9. The van der Waals surface area contributed by atoms with Crippen molar-refractivity contribution in [3.63, 3.8) is 0 Å².